The number of hydrogen-bond donors (Lipinski definition) is 1. The van der Waals surface area contributed by atoms with Crippen LogP contribution in [0.25, 0.3) is 0 Å². The minimum absolute atomic E-state index is 0.125. The average Bonchev–Trinajstić information content (AvgIpc) is 2.82. The van der Waals surface area contributed by atoms with Crippen LogP contribution in [0.2, 0.25) is 0 Å². The molecule has 1 N–H and O–H groups in total. The van der Waals surface area contributed by atoms with E-state index in [1.807, 2.05) is 21.1 Å². The highest BCUT2D eigenvalue weighted by atomic mass is 16.5. The SMILES string of the molecule is CCCCCC(C)CCCCCCCCCCCCCCCCCCC(=O)OC(CC(=O)O)C[N+](C)(C)C. The maximum absolute atomic E-state index is 12.1. The van der Waals surface area contributed by atoms with Crippen LogP contribution in [0.1, 0.15) is 162 Å². The molecule has 0 saturated carbocycles. The fourth-order valence-corrected chi connectivity index (χ4v) is 5.32. The van der Waals surface area contributed by atoms with Crippen LogP contribution < -0.4 is 0 Å². The Morgan fingerprint density at radius 3 is 1.45 bits per heavy atom. The van der Waals surface area contributed by atoms with Crippen LogP contribution in [-0.2, 0) is 14.3 Å². The van der Waals surface area contributed by atoms with Gasteiger partial charge in [-0.2, -0.15) is 0 Å². The van der Waals surface area contributed by atoms with Crippen molar-refractivity contribution in [3.05, 3.63) is 0 Å². The van der Waals surface area contributed by atoms with Crippen LogP contribution in [0.3, 0.4) is 0 Å². The molecule has 0 radical (unpaired) electrons. The van der Waals surface area contributed by atoms with Crippen molar-refractivity contribution in [2.45, 2.75) is 168 Å². The third kappa shape index (κ3) is 27.9. The normalized spacial score (nSPS) is 13.4. The lowest BCUT2D eigenvalue weighted by Crippen LogP contribution is -2.43. The van der Waals surface area contributed by atoms with Crippen LogP contribution in [0, 0.1) is 5.92 Å². The van der Waals surface area contributed by atoms with E-state index in [9.17, 15) is 9.59 Å². The summed E-state index contributed by atoms with van der Waals surface area (Å²) in [6.07, 6.45) is 27.8. The molecule has 0 aliphatic carbocycles. The number of carboxylic acids is 1. The monoisotopic (exact) mass is 540 g/mol. The Kier molecular flexibility index (Phi) is 24.2. The first-order valence-electron chi connectivity index (χ1n) is 16.4. The third-order valence-corrected chi connectivity index (χ3v) is 7.58. The maximum Gasteiger partial charge on any atom is 0.307 e. The van der Waals surface area contributed by atoms with Crippen molar-refractivity contribution < 1.29 is 23.9 Å². The van der Waals surface area contributed by atoms with Gasteiger partial charge in [-0.05, 0) is 12.3 Å². The summed E-state index contributed by atoms with van der Waals surface area (Å²) in [6, 6.07) is 0. The van der Waals surface area contributed by atoms with Gasteiger partial charge in [0.05, 0.1) is 27.6 Å². The van der Waals surface area contributed by atoms with E-state index in [4.69, 9.17) is 9.84 Å². The fraction of sp³-hybridized carbons (Fsp3) is 0.939. The second-order valence-electron chi connectivity index (χ2n) is 13.0. The summed E-state index contributed by atoms with van der Waals surface area (Å²) >= 11 is 0. The molecule has 38 heavy (non-hydrogen) atoms. The number of hydrogen-bond acceptors (Lipinski definition) is 3. The number of ether oxygens (including phenoxy) is 1. The van der Waals surface area contributed by atoms with Gasteiger partial charge < -0.3 is 14.3 Å². The molecule has 0 spiro atoms. The van der Waals surface area contributed by atoms with Gasteiger partial charge in [-0.25, -0.2) is 0 Å². The molecule has 5 nitrogen and oxygen atoms in total. The lowest BCUT2D eigenvalue weighted by atomic mass is 9.96. The first kappa shape index (κ1) is 36.9. The summed E-state index contributed by atoms with van der Waals surface area (Å²) < 4.78 is 6.03. The average molecular weight is 541 g/mol. The maximum atomic E-state index is 12.1. The summed E-state index contributed by atoms with van der Waals surface area (Å²) in [4.78, 5) is 23.2. The number of carboxylic acid groups (broad SMARTS) is 1. The zero-order valence-electron chi connectivity index (χ0n) is 26.2. The minimum atomic E-state index is -0.921. The smallest absolute Gasteiger partial charge is 0.307 e. The van der Waals surface area contributed by atoms with Crippen LogP contribution in [0.5, 0.6) is 0 Å². The largest absolute Gasteiger partial charge is 0.481 e. The summed E-state index contributed by atoms with van der Waals surface area (Å²) in [5, 5.41) is 9.06. The second kappa shape index (κ2) is 24.9. The summed E-state index contributed by atoms with van der Waals surface area (Å²) in [5.41, 5.74) is 0. The number of likely N-dealkylation sites (N-methyl/N-ethyl adjacent to an activating group) is 1. The molecular weight excluding hydrogens is 474 g/mol. The van der Waals surface area contributed by atoms with Crippen molar-refractivity contribution in [2.24, 2.45) is 5.92 Å². The van der Waals surface area contributed by atoms with E-state index in [2.05, 4.69) is 13.8 Å². The summed E-state index contributed by atoms with van der Waals surface area (Å²) in [6.45, 7) is 5.24. The van der Waals surface area contributed by atoms with Gasteiger partial charge in [0.1, 0.15) is 6.54 Å². The molecule has 0 fully saturated rings. The van der Waals surface area contributed by atoms with Gasteiger partial charge in [-0.15, -0.1) is 0 Å². The molecule has 5 heteroatoms. The van der Waals surface area contributed by atoms with E-state index >= 15 is 0 Å². The van der Waals surface area contributed by atoms with E-state index in [0.29, 0.717) is 17.4 Å². The molecule has 0 aromatic rings. The Bertz CT molecular complexity index is 558. The lowest BCUT2D eigenvalue weighted by molar-refractivity contribution is -0.873. The Hall–Kier alpha value is -1.10. The van der Waals surface area contributed by atoms with Gasteiger partial charge in [0.15, 0.2) is 6.10 Å². The summed E-state index contributed by atoms with van der Waals surface area (Å²) in [5.74, 6) is -0.246. The zero-order chi connectivity index (χ0) is 28.5. The van der Waals surface area contributed by atoms with Crippen molar-refractivity contribution in [3.8, 4) is 0 Å². The van der Waals surface area contributed by atoms with Crippen molar-refractivity contribution in [3.63, 3.8) is 0 Å². The number of aliphatic carboxylic acids is 1. The van der Waals surface area contributed by atoms with E-state index in [0.717, 1.165) is 18.8 Å². The van der Waals surface area contributed by atoms with Gasteiger partial charge in [-0.3, -0.25) is 9.59 Å². The zero-order valence-corrected chi connectivity index (χ0v) is 26.2. The van der Waals surface area contributed by atoms with E-state index < -0.39 is 12.1 Å². The molecule has 226 valence electrons. The van der Waals surface area contributed by atoms with Gasteiger partial charge in [0.2, 0.25) is 0 Å². The Labute approximate surface area is 237 Å². The molecule has 0 amide bonds. The first-order chi connectivity index (χ1) is 18.1. The van der Waals surface area contributed by atoms with Gasteiger partial charge in [-0.1, -0.05) is 142 Å². The number of rotatable bonds is 28. The van der Waals surface area contributed by atoms with E-state index in [1.54, 1.807) is 0 Å². The quantitative estimate of drug-likeness (QED) is 0.0610. The van der Waals surface area contributed by atoms with Crippen LogP contribution in [-0.4, -0.2) is 55.3 Å². The molecule has 2 atom stereocenters. The Morgan fingerprint density at radius 1 is 0.658 bits per heavy atom. The lowest BCUT2D eigenvalue weighted by Gasteiger charge is -2.28. The van der Waals surface area contributed by atoms with Crippen LogP contribution in [0.15, 0.2) is 0 Å². The van der Waals surface area contributed by atoms with Crippen molar-refractivity contribution >= 4 is 11.9 Å². The molecule has 0 aromatic heterocycles. The number of carbonyl (C=O) groups is 2. The Morgan fingerprint density at radius 2 is 1.05 bits per heavy atom. The predicted molar refractivity (Wildman–Crippen MR) is 161 cm³/mol. The predicted octanol–water partition coefficient (Wildman–Crippen LogP) is 9.32. The van der Waals surface area contributed by atoms with E-state index in [1.165, 1.54) is 122 Å². The summed E-state index contributed by atoms with van der Waals surface area (Å²) in [7, 11) is 5.93. The van der Waals surface area contributed by atoms with Crippen molar-refractivity contribution in [2.75, 3.05) is 27.7 Å². The molecule has 0 saturated heterocycles. The molecule has 0 bridgehead atoms. The topological polar surface area (TPSA) is 63.6 Å². The highest BCUT2D eigenvalue weighted by Gasteiger charge is 2.24. The molecule has 2 unspecified atom stereocenters. The van der Waals surface area contributed by atoms with Gasteiger partial charge in [0, 0.05) is 6.42 Å². The molecule has 0 heterocycles. The highest BCUT2D eigenvalue weighted by Crippen LogP contribution is 2.18. The molecule has 0 rings (SSSR count). The third-order valence-electron chi connectivity index (χ3n) is 7.58. The number of carbonyl (C=O) groups excluding carboxylic acids is 1. The molecule has 0 aliphatic heterocycles. The first-order valence-corrected chi connectivity index (χ1v) is 16.4. The number of quaternary nitrogens is 1. The molecular formula is C33H66NO4+. The van der Waals surface area contributed by atoms with Gasteiger partial charge >= 0.3 is 11.9 Å². The minimum Gasteiger partial charge on any atom is -0.481 e. The molecule has 0 aliphatic rings. The van der Waals surface area contributed by atoms with Crippen LogP contribution >= 0.6 is 0 Å². The van der Waals surface area contributed by atoms with Crippen LogP contribution in [0.4, 0.5) is 0 Å². The van der Waals surface area contributed by atoms with Gasteiger partial charge in [0.25, 0.3) is 0 Å². The number of nitrogens with zero attached hydrogens (tertiary/aromatic N) is 1. The van der Waals surface area contributed by atoms with Crippen molar-refractivity contribution in [1.29, 1.82) is 0 Å². The standard InChI is InChI=1S/C33H65NO4/c1-6-7-22-25-30(2)26-23-20-18-16-14-12-10-8-9-11-13-15-17-19-21-24-27-33(37)38-31(28-32(35)36)29-34(3,4)5/h30-31H,6-29H2,1-5H3/p+1. The number of unbranched alkanes of at least 4 members (excludes halogenated alkanes) is 17. The van der Waals surface area contributed by atoms with E-state index in [-0.39, 0.29) is 12.4 Å². The highest BCUT2D eigenvalue weighted by molar-refractivity contribution is 5.71. The Balaban J connectivity index is 3.43. The molecule has 0 aromatic carbocycles. The second-order valence-corrected chi connectivity index (χ2v) is 13.0. The number of esters is 1. The van der Waals surface area contributed by atoms with Crippen molar-refractivity contribution in [1.82, 2.24) is 0 Å². The fourth-order valence-electron chi connectivity index (χ4n) is 5.32.